The molecule has 0 aliphatic rings. The topological polar surface area (TPSA) is 46.6 Å². The highest BCUT2D eigenvalue weighted by molar-refractivity contribution is 6.24. The van der Waals surface area contributed by atoms with Gasteiger partial charge in [0.2, 0.25) is 5.78 Å². The number of carbonyl (C=O) groups is 2. The lowest BCUT2D eigenvalue weighted by Gasteiger charge is -2.12. The van der Waals surface area contributed by atoms with Crippen molar-refractivity contribution in [2.75, 3.05) is 20.7 Å². The van der Waals surface area contributed by atoms with Crippen LogP contribution in [0.15, 0.2) is 41.8 Å². The number of hydrogen-bond acceptors (Lipinski definition) is 4. The number of hydrogen-bond donors (Lipinski definition) is 0. The molecular weight excluding hydrogens is 311 g/mol. The molecule has 0 aliphatic heterocycles. The van der Waals surface area contributed by atoms with E-state index in [2.05, 4.69) is 5.73 Å². The summed E-state index contributed by atoms with van der Waals surface area (Å²) in [4.78, 5) is 25.8. The summed E-state index contributed by atoms with van der Waals surface area (Å²) < 4.78 is 43.8. The second-order valence-electron chi connectivity index (χ2n) is 4.70. The number of Topliss-reactive ketones (excluding diaryl/α,β-unsaturated/α-hetero) is 1. The smallest absolute Gasteiger partial charge is 0.417 e. The predicted octanol–water partition coefficient (Wildman–Crippen LogP) is 3.05. The van der Waals surface area contributed by atoms with Crippen LogP contribution in [-0.4, -0.2) is 37.4 Å². The summed E-state index contributed by atoms with van der Waals surface area (Å²) in [5, 5.41) is 0. The van der Waals surface area contributed by atoms with Gasteiger partial charge in [0.1, 0.15) is 0 Å². The third-order valence-electron chi connectivity index (χ3n) is 2.65. The molecule has 0 fully saturated rings. The molecule has 0 spiro atoms. The predicted molar refractivity (Wildman–Crippen MR) is 77.7 cm³/mol. The molecule has 1 aromatic carbocycles. The molecule has 0 amide bonds. The second-order valence-corrected chi connectivity index (χ2v) is 4.70. The van der Waals surface area contributed by atoms with Crippen LogP contribution >= 0.6 is 0 Å². The number of alkyl halides is 3. The normalized spacial score (nSPS) is 10.5. The molecule has 1 aromatic rings. The maximum absolute atomic E-state index is 13.0. The molecule has 0 saturated carbocycles. The number of nitrogens with zero attached hydrogens (tertiary/aromatic N) is 1. The number of carbonyl (C=O) groups excluding carboxylic acids is 2. The number of rotatable bonds is 5. The van der Waals surface area contributed by atoms with Crippen molar-refractivity contribution in [1.29, 1.82) is 0 Å². The molecule has 0 aromatic heterocycles. The Balaban J connectivity index is 3.43. The first-order valence-corrected chi connectivity index (χ1v) is 6.69. The molecule has 0 N–H and O–H groups in total. The highest BCUT2D eigenvalue weighted by Gasteiger charge is 2.36. The first kappa shape index (κ1) is 18.5. The van der Waals surface area contributed by atoms with Gasteiger partial charge >= 0.3 is 12.1 Å². The summed E-state index contributed by atoms with van der Waals surface area (Å²) in [6, 6.07) is 4.26. The monoisotopic (exact) mass is 327 g/mol. The lowest BCUT2D eigenvalue weighted by molar-refractivity contribution is -0.139. The van der Waals surface area contributed by atoms with E-state index in [0.717, 1.165) is 12.1 Å². The van der Waals surface area contributed by atoms with E-state index in [0.29, 0.717) is 0 Å². The van der Waals surface area contributed by atoms with Crippen LogP contribution in [0.1, 0.15) is 22.8 Å². The summed E-state index contributed by atoms with van der Waals surface area (Å²) >= 11 is 0. The standard InChI is InChI=1S/C16H16F3NO3/c1-4-23-15(22)12(9-10-20(2)3)14(21)11-7-5-6-8-13(11)16(17,18)19/h5-8,10H,4H2,1-3H3. The van der Waals surface area contributed by atoms with E-state index in [9.17, 15) is 22.8 Å². The van der Waals surface area contributed by atoms with Crippen molar-refractivity contribution in [3.05, 3.63) is 52.9 Å². The van der Waals surface area contributed by atoms with Crippen molar-refractivity contribution >= 4 is 11.8 Å². The largest absolute Gasteiger partial charge is 0.462 e. The zero-order valence-electron chi connectivity index (χ0n) is 12.9. The van der Waals surface area contributed by atoms with E-state index >= 15 is 0 Å². The van der Waals surface area contributed by atoms with Crippen LogP contribution in [0.4, 0.5) is 13.2 Å². The fourth-order valence-electron chi connectivity index (χ4n) is 1.68. The van der Waals surface area contributed by atoms with Gasteiger partial charge in [-0.15, -0.1) is 0 Å². The number of ketones is 1. The minimum absolute atomic E-state index is 0.0137. The zero-order chi connectivity index (χ0) is 17.6. The van der Waals surface area contributed by atoms with Crippen LogP contribution in [0.5, 0.6) is 0 Å². The van der Waals surface area contributed by atoms with Crippen molar-refractivity contribution in [2.45, 2.75) is 13.1 Å². The first-order chi connectivity index (χ1) is 10.7. The summed E-state index contributed by atoms with van der Waals surface area (Å²) in [7, 11) is 3.23. The van der Waals surface area contributed by atoms with Crippen LogP contribution in [0, 0.1) is 0 Å². The Morgan fingerprint density at radius 3 is 2.39 bits per heavy atom. The van der Waals surface area contributed by atoms with Crippen molar-refractivity contribution in [3.8, 4) is 0 Å². The van der Waals surface area contributed by atoms with Crippen molar-refractivity contribution < 1.29 is 27.5 Å². The van der Waals surface area contributed by atoms with Crippen LogP contribution in [0.3, 0.4) is 0 Å². The molecular formula is C16H16F3NO3. The molecule has 0 unspecified atom stereocenters. The number of halogens is 3. The van der Waals surface area contributed by atoms with Crippen LogP contribution in [-0.2, 0) is 15.7 Å². The van der Waals surface area contributed by atoms with Gasteiger partial charge in [-0.1, -0.05) is 23.9 Å². The second kappa shape index (κ2) is 7.65. The van der Waals surface area contributed by atoms with Crippen LogP contribution in [0.2, 0.25) is 0 Å². The number of esters is 1. The summed E-state index contributed by atoms with van der Waals surface area (Å²) in [6.45, 7) is 1.51. The number of benzene rings is 1. The van der Waals surface area contributed by atoms with Gasteiger partial charge < -0.3 is 9.64 Å². The lowest BCUT2D eigenvalue weighted by Crippen LogP contribution is -2.19. The Labute approximate surface area is 131 Å². The average molecular weight is 327 g/mol. The molecule has 0 aliphatic carbocycles. The first-order valence-electron chi connectivity index (χ1n) is 6.69. The van der Waals surface area contributed by atoms with Crippen molar-refractivity contribution in [3.63, 3.8) is 0 Å². The number of ether oxygens (including phenoxy) is 1. The van der Waals surface area contributed by atoms with Gasteiger partial charge in [0.25, 0.3) is 0 Å². The molecule has 0 atom stereocenters. The molecule has 23 heavy (non-hydrogen) atoms. The fraction of sp³-hybridized carbons (Fsp3) is 0.312. The van der Waals surface area contributed by atoms with Crippen LogP contribution in [0.25, 0.3) is 0 Å². The van der Waals surface area contributed by atoms with Crippen molar-refractivity contribution in [1.82, 2.24) is 4.90 Å². The van der Waals surface area contributed by atoms with E-state index in [1.54, 1.807) is 14.1 Å². The molecule has 124 valence electrons. The Morgan fingerprint density at radius 1 is 1.26 bits per heavy atom. The molecule has 0 heterocycles. The van der Waals surface area contributed by atoms with E-state index in [1.807, 2.05) is 0 Å². The molecule has 0 radical (unpaired) electrons. The van der Waals surface area contributed by atoms with Crippen LogP contribution < -0.4 is 0 Å². The fourth-order valence-corrected chi connectivity index (χ4v) is 1.68. The van der Waals surface area contributed by atoms with E-state index in [4.69, 9.17) is 4.74 Å². The van der Waals surface area contributed by atoms with Gasteiger partial charge in [-0.3, -0.25) is 4.79 Å². The summed E-state index contributed by atoms with van der Waals surface area (Å²) in [5.41, 5.74) is 0.0859. The van der Waals surface area contributed by atoms with E-state index < -0.39 is 34.6 Å². The zero-order valence-corrected chi connectivity index (χ0v) is 12.9. The molecule has 1 rings (SSSR count). The van der Waals surface area contributed by atoms with Gasteiger partial charge in [0.15, 0.2) is 5.57 Å². The van der Waals surface area contributed by atoms with Gasteiger partial charge in [-0.05, 0) is 13.0 Å². The molecule has 7 heteroatoms. The Hall–Kier alpha value is -2.53. The highest BCUT2D eigenvalue weighted by Crippen LogP contribution is 2.32. The maximum atomic E-state index is 13.0. The third kappa shape index (κ3) is 5.00. The van der Waals surface area contributed by atoms with Gasteiger partial charge in [0.05, 0.1) is 12.2 Å². The van der Waals surface area contributed by atoms with Gasteiger partial charge in [0, 0.05) is 25.9 Å². The minimum Gasteiger partial charge on any atom is -0.462 e. The molecule has 4 nitrogen and oxygen atoms in total. The van der Waals surface area contributed by atoms with Crippen molar-refractivity contribution in [2.24, 2.45) is 0 Å². The summed E-state index contributed by atoms with van der Waals surface area (Å²) in [6.07, 6.45) is -3.45. The van der Waals surface area contributed by atoms with Gasteiger partial charge in [-0.2, -0.15) is 13.2 Å². The Bertz CT molecular complexity index is 657. The average Bonchev–Trinajstić information content (AvgIpc) is 2.46. The quantitative estimate of drug-likeness (QED) is 0.208. The highest BCUT2D eigenvalue weighted by atomic mass is 19.4. The third-order valence-corrected chi connectivity index (χ3v) is 2.65. The SMILES string of the molecule is CCOC(=O)C(=C=CN(C)C)C(=O)c1ccccc1C(F)(F)F. The van der Waals surface area contributed by atoms with Gasteiger partial charge in [-0.25, -0.2) is 4.79 Å². The minimum atomic E-state index is -4.71. The van der Waals surface area contributed by atoms with E-state index in [1.165, 1.54) is 30.2 Å². The maximum Gasteiger partial charge on any atom is 0.417 e. The van der Waals surface area contributed by atoms with E-state index in [-0.39, 0.29) is 6.61 Å². The summed E-state index contributed by atoms with van der Waals surface area (Å²) in [5.74, 6) is -2.11. The molecule has 0 saturated heterocycles. The Morgan fingerprint density at radius 2 is 1.87 bits per heavy atom. The molecule has 0 bridgehead atoms. The lowest BCUT2D eigenvalue weighted by atomic mass is 9.98. The Kier molecular flexibility index (Phi) is 6.16.